The minimum absolute atomic E-state index is 0.0884. The van der Waals surface area contributed by atoms with Crippen molar-refractivity contribution in [2.75, 3.05) is 26.4 Å². The molecule has 3 unspecified atom stereocenters. The molecule has 0 N–H and O–H groups in total. The van der Waals surface area contributed by atoms with Crippen LogP contribution in [0.5, 0.6) is 0 Å². The summed E-state index contributed by atoms with van der Waals surface area (Å²) >= 11 is 0. The summed E-state index contributed by atoms with van der Waals surface area (Å²) in [6.07, 6.45) is 3.58. The zero-order valence-corrected chi connectivity index (χ0v) is 21.1. The highest BCUT2D eigenvalue weighted by molar-refractivity contribution is 5.87. The van der Waals surface area contributed by atoms with E-state index in [4.69, 9.17) is 18.9 Å². The quantitative estimate of drug-likeness (QED) is 0.203. The minimum Gasteiger partial charge on any atom is -0.460 e. The fourth-order valence-corrected chi connectivity index (χ4v) is 4.27. The number of ether oxygens (including phenoxy) is 4. The molecule has 0 aromatic carbocycles. The van der Waals surface area contributed by atoms with Crippen LogP contribution < -0.4 is 0 Å². The average molecular weight is 465 g/mol. The van der Waals surface area contributed by atoms with Gasteiger partial charge < -0.3 is 18.9 Å². The summed E-state index contributed by atoms with van der Waals surface area (Å²) in [7, 11) is 0. The van der Waals surface area contributed by atoms with Crippen LogP contribution in [0.15, 0.2) is 36.5 Å². The molecule has 2 aliphatic rings. The first-order valence-electron chi connectivity index (χ1n) is 11.3. The zero-order valence-electron chi connectivity index (χ0n) is 21.1. The third-order valence-corrected chi connectivity index (χ3v) is 6.93. The molecule has 0 radical (unpaired) electrons. The summed E-state index contributed by atoms with van der Waals surface area (Å²) in [5.41, 5.74) is 1.65. The van der Waals surface area contributed by atoms with Gasteiger partial charge >= 0.3 is 17.9 Å². The Hall–Kier alpha value is -2.41. The monoisotopic (exact) mass is 464 g/mol. The summed E-state index contributed by atoms with van der Waals surface area (Å²) in [6, 6.07) is 0. The molecule has 7 heteroatoms. The first kappa shape index (κ1) is 28.6. The first-order chi connectivity index (χ1) is 15.2. The number of carbonyl (C=O) groups excluding carboxylic acids is 3. The Balaban J connectivity index is 0.000000330. The van der Waals surface area contributed by atoms with Crippen LogP contribution in [0.2, 0.25) is 0 Å². The normalized spacial score (nSPS) is 24.2. The van der Waals surface area contributed by atoms with E-state index in [0.717, 1.165) is 6.42 Å². The van der Waals surface area contributed by atoms with Crippen molar-refractivity contribution < 1.29 is 33.3 Å². The Kier molecular flexibility index (Phi) is 10.6. The standard InChI is InChI=1S/C14H22O2.C12H18O5/c1-9(2)12(15)16-11-8-10-6-7-14(11,5)13(10,3)4;1-9(2)11(13)16-7-5-15-6-8-17-12(14)10(3)4/h10-11H,1,6-8H2,2-5H3;1,3,5-8H2,2,4H3. The molecule has 0 spiro atoms. The highest BCUT2D eigenvalue weighted by Gasteiger charge is 2.62. The van der Waals surface area contributed by atoms with E-state index >= 15 is 0 Å². The van der Waals surface area contributed by atoms with Crippen molar-refractivity contribution in [3.63, 3.8) is 0 Å². The highest BCUT2D eigenvalue weighted by Crippen LogP contribution is 2.66. The average Bonchev–Trinajstić information content (AvgIpc) is 3.06. The van der Waals surface area contributed by atoms with E-state index in [0.29, 0.717) is 28.1 Å². The van der Waals surface area contributed by atoms with Crippen molar-refractivity contribution in [3.8, 4) is 0 Å². The molecular weight excluding hydrogens is 424 g/mol. The molecule has 0 heterocycles. The third kappa shape index (κ3) is 7.56. The van der Waals surface area contributed by atoms with Gasteiger partial charge in [-0.05, 0) is 51.4 Å². The molecule has 2 bridgehead atoms. The van der Waals surface area contributed by atoms with Gasteiger partial charge in [0, 0.05) is 22.1 Å². The topological polar surface area (TPSA) is 88.1 Å². The van der Waals surface area contributed by atoms with Gasteiger partial charge in [0.2, 0.25) is 0 Å². The van der Waals surface area contributed by atoms with E-state index in [1.54, 1.807) is 20.8 Å². The molecule has 2 saturated carbocycles. The van der Waals surface area contributed by atoms with Crippen molar-refractivity contribution in [1.29, 1.82) is 0 Å². The minimum atomic E-state index is -0.442. The molecule has 0 aromatic rings. The fourth-order valence-electron chi connectivity index (χ4n) is 4.27. The molecule has 2 rings (SSSR count). The predicted molar refractivity (Wildman–Crippen MR) is 126 cm³/mol. The van der Waals surface area contributed by atoms with Gasteiger partial charge in [0.15, 0.2) is 0 Å². The lowest BCUT2D eigenvalue weighted by Gasteiger charge is -2.38. The molecule has 0 aromatic heterocycles. The van der Waals surface area contributed by atoms with Crippen LogP contribution >= 0.6 is 0 Å². The summed E-state index contributed by atoms with van der Waals surface area (Å²) in [5, 5.41) is 0. The molecule has 3 atom stereocenters. The zero-order chi connectivity index (χ0) is 25.4. The van der Waals surface area contributed by atoms with Crippen LogP contribution in [0.1, 0.15) is 60.8 Å². The van der Waals surface area contributed by atoms with E-state index in [9.17, 15) is 14.4 Å². The Morgan fingerprint density at radius 1 is 0.788 bits per heavy atom. The lowest BCUT2D eigenvalue weighted by Crippen LogP contribution is -2.38. The predicted octanol–water partition coefficient (Wildman–Crippen LogP) is 4.56. The number of esters is 3. The van der Waals surface area contributed by atoms with Crippen LogP contribution in [-0.2, 0) is 33.3 Å². The molecule has 0 saturated heterocycles. The highest BCUT2D eigenvalue weighted by atomic mass is 16.6. The number of carbonyl (C=O) groups is 3. The van der Waals surface area contributed by atoms with Gasteiger partial charge in [-0.3, -0.25) is 0 Å². The Bertz CT molecular complexity index is 750. The second kappa shape index (κ2) is 12.2. The number of hydrogen-bond donors (Lipinski definition) is 0. The molecule has 186 valence electrons. The van der Waals surface area contributed by atoms with E-state index in [-0.39, 0.29) is 43.9 Å². The maximum atomic E-state index is 11.6. The lowest BCUT2D eigenvalue weighted by atomic mass is 9.70. The van der Waals surface area contributed by atoms with Gasteiger partial charge in [0.1, 0.15) is 19.3 Å². The van der Waals surface area contributed by atoms with Crippen LogP contribution in [0.3, 0.4) is 0 Å². The smallest absolute Gasteiger partial charge is 0.333 e. The number of rotatable bonds is 10. The fraction of sp³-hybridized carbons (Fsp3) is 0.654. The van der Waals surface area contributed by atoms with Crippen molar-refractivity contribution in [2.24, 2.45) is 16.7 Å². The largest absolute Gasteiger partial charge is 0.460 e. The van der Waals surface area contributed by atoms with Crippen LogP contribution in [0.25, 0.3) is 0 Å². The third-order valence-electron chi connectivity index (χ3n) is 6.93. The SMILES string of the molecule is C=C(C)C(=O)OC1CC2CCC1(C)C2(C)C.C=C(C)C(=O)OCCOCCOC(=O)C(=C)C. The van der Waals surface area contributed by atoms with Crippen molar-refractivity contribution in [2.45, 2.75) is 66.9 Å². The molecule has 2 aliphatic carbocycles. The van der Waals surface area contributed by atoms with Gasteiger partial charge in [-0.15, -0.1) is 0 Å². The van der Waals surface area contributed by atoms with Crippen molar-refractivity contribution >= 4 is 17.9 Å². The van der Waals surface area contributed by atoms with E-state index in [2.05, 4.69) is 40.5 Å². The van der Waals surface area contributed by atoms with E-state index in [1.165, 1.54) is 12.8 Å². The second-order valence-electron chi connectivity index (χ2n) is 9.73. The summed E-state index contributed by atoms with van der Waals surface area (Å²) in [6.45, 7) is 23.1. The Morgan fingerprint density at radius 2 is 1.24 bits per heavy atom. The lowest BCUT2D eigenvalue weighted by molar-refractivity contribution is -0.152. The number of hydrogen-bond acceptors (Lipinski definition) is 7. The summed E-state index contributed by atoms with van der Waals surface area (Å²) < 4.78 is 20.3. The second-order valence-corrected chi connectivity index (χ2v) is 9.73. The summed E-state index contributed by atoms with van der Waals surface area (Å²) in [4.78, 5) is 33.5. The molecule has 7 nitrogen and oxygen atoms in total. The maximum Gasteiger partial charge on any atom is 0.333 e. The first-order valence-corrected chi connectivity index (χ1v) is 11.3. The molecule has 0 aliphatic heterocycles. The molecule has 0 amide bonds. The van der Waals surface area contributed by atoms with Crippen LogP contribution in [0, 0.1) is 16.7 Å². The maximum absolute atomic E-state index is 11.6. The van der Waals surface area contributed by atoms with E-state index in [1.807, 2.05) is 0 Å². The van der Waals surface area contributed by atoms with Crippen LogP contribution in [0.4, 0.5) is 0 Å². The Labute approximate surface area is 198 Å². The Morgan fingerprint density at radius 3 is 1.58 bits per heavy atom. The number of fused-ring (bicyclic) bond motifs is 2. The van der Waals surface area contributed by atoms with Gasteiger partial charge in [0.05, 0.1) is 13.2 Å². The van der Waals surface area contributed by atoms with Crippen molar-refractivity contribution in [3.05, 3.63) is 36.5 Å². The van der Waals surface area contributed by atoms with Crippen LogP contribution in [-0.4, -0.2) is 50.4 Å². The van der Waals surface area contributed by atoms with Gasteiger partial charge in [-0.25, -0.2) is 14.4 Å². The summed E-state index contributed by atoms with van der Waals surface area (Å²) in [5.74, 6) is -0.403. The van der Waals surface area contributed by atoms with Gasteiger partial charge in [0.25, 0.3) is 0 Å². The molecule has 33 heavy (non-hydrogen) atoms. The van der Waals surface area contributed by atoms with Crippen molar-refractivity contribution in [1.82, 2.24) is 0 Å². The molecular formula is C26H40O7. The van der Waals surface area contributed by atoms with Gasteiger partial charge in [-0.2, -0.15) is 0 Å². The van der Waals surface area contributed by atoms with E-state index < -0.39 is 11.9 Å². The van der Waals surface area contributed by atoms with Gasteiger partial charge in [-0.1, -0.05) is 40.5 Å². The molecule has 2 fully saturated rings.